The number of rotatable bonds is 8. The van der Waals surface area contributed by atoms with E-state index in [1.165, 1.54) is 55.0 Å². The highest BCUT2D eigenvalue weighted by atomic mass is 15.0. The molecule has 0 aliphatic rings. The Balaban J connectivity index is 0.972. The van der Waals surface area contributed by atoms with Crippen molar-refractivity contribution in [3.05, 3.63) is 241 Å². The summed E-state index contributed by atoms with van der Waals surface area (Å²) in [5.41, 5.74) is 21.4. The molecule has 4 aromatic heterocycles. The molecule has 0 unspecified atom stereocenters. The van der Waals surface area contributed by atoms with Gasteiger partial charge in [0.05, 0.1) is 56.2 Å². The second-order valence-corrected chi connectivity index (χ2v) is 18.9. The first-order chi connectivity index (χ1) is 35.4. The first-order valence-corrected chi connectivity index (χ1v) is 24.6. The number of fused-ring (bicyclic) bond motifs is 7. The molecule has 0 atom stereocenters. The third-order valence-corrected chi connectivity index (χ3v) is 14.1. The Kier molecular flexibility index (Phi) is 10.3. The normalized spacial score (nSPS) is 11.6. The summed E-state index contributed by atoms with van der Waals surface area (Å²) in [5, 5.41) is 4.92. The second kappa shape index (κ2) is 17.3. The first-order valence-electron chi connectivity index (χ1n) is 24.6. The van der Waals surface area contributed by atoms with E-state index < -0.39 is 0 Å². The minimum atomic E-state index is 0.707. The second-order valence-electron chi connectivity index (χ2n) is 18.9. The van der Waals surface area contributed by atoms with Crippen LogP contribution in [-0.2, 0) is 0 Å². The van der Waals surface area contributed by atoms with Crippen LogP contribution in [0.15, 0.2) is 218 Å². The van der Waals surface area contributed by atoms with Crippen molar-refractivity contribution in [2.75, 3.05) is 0 Å². The van der Waals surface area contributed by atoms with Crippen LogP contribution >= 0.6 is 0 Å². The molecule has 0 saturated carbocycles. The van der Waals surface area contributed by atoms with Gasteiger partial charge in [-0.2, -0.15) is 0 Å². The minimum absolute atomic E-state index is 0.707. The van der Waals surface area contributed by atoms with Gasteiger partial charge < -0.3 is 9.13 Å². The lowest BCUT2D eigenvalue weighted by Crippen LogP contribution is -2.03. The van der Waals surface area contributed by atoms with Gasteiger partial charge in [-0.3, -0.25) is 0 Å². The summed E-state index contributed by atoms with van der Waals surface area (Å²) >= 11 is 0. The van der Waals surface area contributed by atoms with E-state index >= 15 is 0 Å². The number of para-hydroxylation sites is 2. The molecule has 0 spiro atoms. The van der Waals surface area contributed by atoms with E-state index in [1.54, 1.807) is 0 Å². The van der Waals surface area contributed by atoms with Gasteiger partial charge in [0.15, 0.2) is 11.6 Å². The third-order valence-electron chi connectivity index (χ3n) is 14.1. The van der Waals surface area contributed by atoms with E-state index in [0.717, 1.165) is 78.4 Å². The van der Waals surface area contributed by atoms with Crippen LogP contribution in [0.25, 0.3) is 123 Å². The SMILES string of the molecule is Cc1cc(-c2cc(-c3ccccc3)nc(-c3ccccc3)n2)cc(C)c1-n1c2ccccc2c2c3c4ccccc4n(-c4c(C)cc(-c5cc(-c6ccccc6)nc(-c6ccccc6)n5)cc4C)c3ccc21. The summed E-state index contributed by atoms with van der Waals surface area (Å²) in [4.78, 5) is 20.5. The van der Waals surface area contributed by atoms with Gasteiger partial charge in [-0.25, -0.2) is 19.9 Å². The number of hydrogen-bond acceptors (Lipinski definition) is 4. The molecule has 6 heteroatoms. The molecule has 72 heavy (non-hydrogen) atoms. The Morgan fingerprint density at radius 3 is 0.903 bits per heavy atom. The van der Waals surface area contributed by atoms with Crippen LogP contribution in [0.3, 0.4) is 0 Å². The molecule has 0 fully saturated rings. The Hall–Kier alpha value is -9.26. The summed E-state index contributed by atoms with van der Waals surface area (Å²) in [7, 11) is 0. The number of nitrogens with zero attached hydrogens (tertiary/aromatic N) is 6. The van der Waals surface area contributed by atoms with Crippen molar-refractivity contribution in [2.45, 2.75) is 27.7 Å². The molecule has 0 aliphatic heterocycles. The average Bonchev–Trinajstić information content (AvgIpc) is 3.93. The zero-order valence-electron chi connectivity index (χ0n) is 40.5. The van der Waals surface area contributed by atoms with E-state index in [1.807, 2.05) is 48.5 Å². The maximum absolute atomic E-state index is 5.20. The lowest BCUT2D eigenvalue weighted by molar-refractivity contribution is 1.11. The van der Waals surface area contributed by atoms with Crippen LogP contribution < -0.4 is 0 Å². The first kappa shape index (κ1) is 42.8. The van der Waals surface area contributed by atoms with Crippen LogP contribution in [-0.4, -0.2) is 29.1 Å². The van der Waals surface area contributed by atoms with Crippen LogP contribution in [0.2, 0.25) is 0 Å². The highest BCUT2D eigenvalue weighted by molar-refractivity contribution is 6.29. The zero-order valence-corrected chi connectivity index (χ0v) is 40.5. The molecule has 0 amide bonds. The van der Waals surface area contributed by atoms with E-state index in [9.17, 15) is 0 Å². The zero-order chi connectivity index (χ0) is 48.5. The molecule has 13 rings (SSSR count). The molecule has 0 radical (unpaired) electrons. The average molecular weight is 925 g/mol. The van der Waals surface area contributed by atoms with Crippen LogP contribution in [0, 0.1) is 27.7 Å². The number of aryl methyl sites for hydroxylation is 4. The van der Waals surface area contributed by atoms with Gasteiger partial charge in [-0.05, 0) is 111 Å². The molecule has 0 aliphatic carbocycles. The largest absolute Gasteiger partial charge is 0.309 e. The van der Waals surface area contributed by atoms with E-state index in [4.69, 9.17) is 19.9 Å². The van der Waals surface area contributed by atoms with Gasteiger partial charge in [0.25, 0.3) is 0 Å². The molecule has 0 bridgehead atoms. The number of benzene rings is 9. The predicted octanol–water partition coefficient (Wildman–Crippen LogP) is 16.7. The van der Waals surface area contributed by atoms with Crippen molar-refractivity contribution >= 4 is 43.6 Å². The monoisotopic (exact) mass is 924 g/mol. The van der Waals surface area contributed by atoms with Gasteiger partial charge in [0, 0.05) is 54.9 Å². The van der Waals surface area contributed by atoms with Crippen molar-refractivity contribution in [1.29, 1.82) is 0 Å². The molecule has 9 aromatic carbocycles. The maximum atomic E-state index is 5.20. The third kappa shape index (κ3) is 7.18. The summed E-state index contributed by atoms with van der Waals surface area (Å²) < 4.78 is 4.96. The Labute approximate surface area is 418 Å². The molecule has 6 nitrogen and oxygen atoms in total. The van der Waals surface area contributed by atoms with Crippen LogP contribution in [0.5, 0.6) is 0 Å². The van der Waals surface area contributed by atoms with Gasteiger partial charge >= 0.3 is 0 Å². The fourth-order valence-corrected chi connectivity index (χ4v) is 11.0. The summed E-state index contributed by atoms with van der Waals surface area (Å²) in [6.07, 6.45) is 0. The minimum Gasteiger partial charge on any atom is -0.309 e. The van der Waals surface area contributed by atoms with Crippen molar-refractivity contribution < 1.29 is 0 Å². The topological polar surface area (TPSA) is 61.4 Å². The van der Waals surface area contributed by atoms with Crippen molar-refractivity contribution in [1.82, 2.24) is 29.1 Å². The summed E-state index contributed by atoms with van der Waals surface area (Å²) in [6.45, 7) is 8.93. The Bertz CT molecular complexity index is 3790. The number of hydrogen-bond donors (Lipinski definition) is 0. The quantitative estimate of drug-likeness (QED) is 0.152. The Morgan fingerprint density at radius 2 is 0.556 bits per heavy atom. The van der Waals surface area contributed by atoms with Crippen molar-refractivity contribution in [3.8, 4) is 79.2 Å². The fourth-order valence-electron chi connectivity index (χ4n) is 11.0. The molecule has 0 N–H and O–H groups in total. The molecular formula is C66H48N6. The van der Waals surface area contributed by atoms with Crippen LogP contribution in [0.4, 0.5) is 0 Å². The van der Waals surface area contributed by atoms with Crippen molar-refractivity contribution in [2.24, 2.45) is 0 Å². The molecule has 4 heterocycles. The van der Waals surface area contributed by atoms with Crippen molar-refractivity contribution in [3.63, 3.8) is 0 Å². The molecule has 342 valence electrons. The predicted molar refractivity (Wildman–Crippen MR) is 298 cm³/mol. The molecule has 13 aromatic rings. The van der Waals surface area contributed by atoms with E-state index in [-0.39, 0.29) is 0 Å². The highest BCUT2D eigenvalue weighted by Crippen LogP contribution is 2.45. The van der Waals surface area contributed by atoms with Gasteiger partial charge in [0.1, 0.15) is 0 Å². The smallest absolute Gasteiger partial charge is 0.160 e. The van der Waals surface area contributed by atoms with Crippen LogP contribution in [0.1, 0.15) is 22.3 Å². The molecule has 0 saturated heterocycles. The van der Waals surface area contributed by atoms with E-state index in [2.05, 4.69) is 207 Å². The number of aromatic nitrogens is 6. The molecular weight excluding hydrogens is 877 g/mol. The summed E-state index contributed by atoms with van der Waals surface area (Å²) in [5.74, 6) is 1.41. The Morgan fingerprint density at radius 1 is 0.264 bits per heavy atom. The van der Waals surface area contributed by atoms with Gasteiger partial charge in [-0.15, -0.1) is 0 Å². The standard InChI is InChI=1S/C66H48N6/c1-41-35-49(55-39-53(45-21-9-5-10-22-45)67-65(69-55)47-25-13-7-14-26-47)36-42(2)63(41)71-57-31-19-17-29-51(57)61-59(71)33-34-60-62(61)52-30-18-20-32-58(52)72(60)64-43(3)37-50(38-44(64)4)56-40-54(46-23-11-6-12-24-46)68-66(70-56)48-27-15-8-16-28-48/h5-40H,1-4H3. The highest BCUT2D eigenvalue weighted by Gasteiger charge is 2.24. The van der Waals surface area contributed by atoms with Gasteiger partial charge in [0.2, 0.25) is 0 Å². The van der Waals surface area contributed by atoms with Gasteiger partial charge in [-0.1, -0.05) is 158 Å². The fraction of sp³-hybridized carbons (Fsp3) is 0.0606. The lowest BCUT2D eigenvalue weighted by Gasteiger charge is -2.18. The summed E-state index contributed by atoms with van der Waals surface area (Å²) in [6, 6.07) is 77.1. The maximum Gasteiger partial charge on any atom is 0.160 e. The van der Waals surface area contributed by atoms with E-state index in [0.29, 0.717) is 11.6 Å². The lowest BCUT2D eigenvalue weighted by atomic mass is 10.00.